The molecular weight excluding hydrogens is 248 g/mol. The van der Waals surface area contributed by atoms with E-state index < -0.39 is 4.92 Å². The lowest BCUT2D eigenvalue weighted by atomic mass is 10.0. The summed E-state index contributed by atoms with van der Waals surface area (Å²) in [5.41, 5.74) is 0.806. The van der Waals surface area contributed by atoms with Gasteiger partial charge >= 0.3 is 0 Å². The van der Waals surface area contributed by atoms with Crippen LogP contribution in [0.4, 0.5) is 11.4 Å². The second kappa shape index (κ2) is 5.54. The van der Waals surface area contributed by atoms with E-state index in [-0.39, 0.29) is 17.9 Å². The van der Waals surface area contributed by atoms with Crippen molar-refractivity contribution >= 4 is 11.4 Å². The molecule has 104 valence electrons. The predicted molar refractivity (Wildman–Crippen MR) is 71.1 cm³/mol. The lowest BCUT2D eigenvalue weighted by molar-refractivity contribution is -0.384. The standard InChI is InChI=1S/C13H18N2O4/c1-13(5-2-6-19-13)9-14-11-7-10(8-16)3-4-12(11)15(17)18/h3-4,7,14,16H,2,5-6,8-9H2,1H3. The van der Waals surface area contributed by atoms with E-state index in [2.05, 4.69) is 5.32 Å². The van der Waals surface area contributed by atoms with Crippen molar-refractivity contribution in [1.82, 2.24) is 0 Å². The third-order valence-electron chi connectivity index (χ3n) is 3.39. The molecule has 1 fully saturated rings. The van der Waals surface area contributed by atoms with E-state index in [1.807, 2.05) is 6.92 Å². The zero-order valence-corrected chi connectivity index (χ0v) is 10.9. The highest BCUT2D eigenvalue weighted by atomic mass is 16.6. The first-order valence-corrected chi connectivity index (χ1v) is 6.30. The minimum Gasteiger partial charge on any atom is -0.392 e. The Morgan fingerprint density at radius 1 is 1.58 bits per heavy atom. The van der Waals surface area contributed by atoms with Crippen LogP contribution in [-0.2, 0) is 11.3 Å². The molecule has 1 atom stereocenters. The number of nitro benzene ring substituents is 1. The Morgan fingerprint density at radius 3 is 2.95 bits per heavy atom. The SMILES string of the molecule is CC1(CNc2cc(CO)ccc2[N+](=O)[O-])CCCO1. The minimum atomic E-state index is -0.429. The number of anilines is 1. The molecule has 1 aliphatic rings. The number of rotatable bonds is 5. The minimum absolute atomic E-state index is 0.0128. The highest BCUT2D eigenvalue weighted by molar-refractivity contribution is 5.62. The van der Waals surface area contributed by atoms with Gasteiger partial charge in [-0.3, -0.25) is 10.1 Å². The molecule has 0 aliphatic carbocycles. The number of benzene rings is 1. The summed E-state index contributed by atoms with van der Waals surface area (Å²) in [6.07, 6.45) is 1.95. The zero-order valence-electron chi connectivity index (χ0n) is 10.9. The number of nitrogens with zero attached hydrogens (tertiary/aromatic N) is 1. The fourth-order valence-electron chi connectivity index (χ4n) is 2.24. The van der Waals surface area contributed by atoms with Gasteiger partial charge in [0.2, 0.25) is 0 Å². The maximum absolute atomic E-state index is 11.0. The molecule has 0 bridgehead atoms. The Balaban J connectivity index is 2.15. The number of nitrogens with one attached hydrogen (secondary N) is 1. The van der Waals surface area contributed by atoms with Gasteiger partial charge in [0.05, 0.1) is 17.1 Å². The molecule has 19 heavy (non-hydrogen) atoms. The lowest BCUT2D eigenvalue weighted by Crippen LogP contribution is -2.32. The van der Waals surface area contributed by atoms with Crippen LogP contribution in [0.2, 0.25) is 0 Å². The van der Waals surface area contributed by atoms with E-state index >= 15 is 0 Å². The second-order valence-corrected chi connectivity index (χ2v) is 5.02. The fourth-order valence-corrected chi connectivity index (χ4v) is 2.24. The maximum Gasteiger partial charge on any atom is 0.292 e. The Kier molecular flexibility index (Phi) is 4.01. The van der Waals surface area contributed by atoms with E-state index in [9.17, 15) is 10.1 Å². The van der Waals surface area contributed by atoms with Crippen LogP contribution in [0.3, 0.4) is 0 Å². The van der Waals surface area contributed by atoms with Gasteiger partial charge in [-0.1, -0.05) is 0 Å². The third-order valence-corrected chi connectivity index (χ3v) is 3.39. The summed E-state index contributed by atoms with van der Waals surface area (Å²) >= 11 is 0. The van der Waals surface area contributed by atoms with E-state index in [4.69, 9.17) is 9.84 Å². The van der Waals surface area contributed by atoms with Crippen molar-refractivity contribution in [3.05, 3.63) is 33.9 Å². The summed E-state index contributed by atoms with van der Waals surface area (Å²) in [5, 5.41) is 23.1. The first kappa shape index (κ1) is 13.8. The summed E-state index contributed by atoms with van der Waals surface area (Å²) in [7, 11) is 0. The number of hydrogen-bond acceptors (Lipinski definition) is 5. The normalized spacial score (nSPS) is 22.4. The topological polar surface area (TPSA) is 84.6 Å². The van der Waals surface area contributed by atoms with Crippen molar-refractivity contribution < 1.29 is 14.8 Å². The van der Waals surface area contributed by atoms with Crippen molar-refractivity contribution in [2.45, 2.75) is 32.0 Å². The van der Waals surface area contributed by atoms with Crippen LogP contribution >= 0.6 is 0 Å². The van der Waals surface area contributed by atoms with Gasteiger partial charge in [-0.25, -0.2) is 0 Å². The Morgan fingerprint density at radius 2 is 2.37 bits per heavy atom. The Hall–Kier alpha value is -1.66. The average molecular weight is 266 g/mol. The smallest absolute Gasteiger partial charge is 0.292 e. The first-order valence-electron chi connectivity index (χ1n) is 6.30. The quantitative estimate of drug-likeness (QED) is 0.629. The number of nitro groups is 1. The van der Waals surface area contributed by atoms with Crippen LogP contribution in [0.5, 0.6) is 0 Å². The van der Waals surface area contributed by atoms with Crippen molar-refractivity contribution in [3.63, 3.8) is 0 Å². The molecule has 6 heteroatoms. The average Bonchev–Trinajstić information content (AvgIpc) is 2.83. The van der Waals surface area contributed by atoms with Gasteiger partial charge in [0, 0.05) is 19.2 Å². The van der Waals surface area contributed by atoms with Crippen LogP contribution in [0, 0.1) is 10.1 Å². The van der Waals surface area contributed by atoms with Crippen molar-refractivity contribution in [1.29, 1.82) is 0 Å². The van der Waals surface area contributed by atoms with Crippen LogP contribution in [0.25, 0.3) is 0 Å². The number of aliphatic hydroxyl groups excluding tert-OH is 1. The molecule has 0 saturated carbocycles. The van der Waals surface area contributed by atoms with Crippen molar-refractivity contribution in [2.75, 3.05) is 18.5 Å². The molecular formula is C13H18N2O4. The lowest BCUT2D eigenvalue weighted by Gasteiger charge is -2.24. The molecule has 2 rings (SSSR count). The van der Waals surface area contributed by atoms with E-state index in [0.717, 1.165) is 19.4 Å². The van der Waals surface area contributed by atoms with Gasteiger partial charge < -0.3 is 15.2 Å². The fraction of sp³-hybridized carbons (Fsp3) is 0.538. The Labute approximate surface area is 111 Å². The highest BCUT2D eigenvalue weighted by Crippen LogP contribution is 2.29. The number of aliphatic hydroxyl groups is 1. The van der Waals surface area contributed by atoms with Crippen LogP contribution in [-0.4, -0.2) is 28.8 Å². The van der Waals surface area contributed by atoms with Gasteiger partial charge in [-0.2, -0.15) is 0 Å². The summed E-state index contributed by atoms with van der Waals surface area (Å²) in [6.45, 7) is 3.11. The van der Waals surface area contributed by atoms with Crippen LogP contribution in [0.1, 0.15) is 25.3 Å². The molecule has 0 amide bonds. The summed E-state index contributed by atoms with van der Waals surface area (Å²) < 4.78 is 5.64. The predicted octanol–water partition coefficient (Wildman–Crippen LogP) is 2.07. The largest absolute Gasteiger partial charge is 0.392 e. The van der Waals surface area contributed by atoms with Gasteiger partial charge in [-0.05, 0) is 37.5 Å². The summed E-state index contributed by atoms with van der Waals surface area (Å²) in [5.74, 6) is 0. The van der Waals surface area contributed by atoms with E-state index in [1.165, 1.54) is 6.07 Å². The number of hydrogen-bond donors (Lipinski definition) is 2. The van der Waals surface area contributed by atoms with Crippen molar-refractivity contribution in [2.24, 2.45) is 0 Å². The molecule has 1 aromatic rings. The molecule has 1 heterocycles. The molecule has 1 unspecified atom stereocenters. The second-order valence-electron chi connectivity index (χ2n) is 5.02. The summed E-state index contributed by atoms with van der Waals surface area (Å²) in [4.78, 5) is 10.5. The van der Waals surface area contributed by atoms with Gasteiger partial charge in [0.15, 0.2) is 0 Å². The zero-order chi connectivity index (χ0) is 13.9. The van der Waals surface area contributed by atoms with Crippen LogP contribution in [0.15, 0.2) is 18.2 Å². The summed E-state index contributed by atoms with van der Waals surface area (Å²) in [6, 6.07) is 4.57. The molecule has 1 aliphatic heterocycles. The molecule has 2 N–H and O–H groups in total. The molecule has 0 aromatic heterocycles. The molecule has 0 spiro atoms. The monoisotopic (exact) mass is 266 g/mol. The van der Waals surface area contributed by atoms with Gasteiger partial charge in [-0.15, -0.1) is 0 Å². The van der Waals surface area contributed by atoms with E-state index in [0.29, 0.717) is 17.8 Å². The number of ether oxygens (including phenoxy) is 1. The Bertz CT molecular complexity index is 470. The third kappa shape index (κ3) is 3.21. The first-order chi connectivity index (χ1) is 9.04. The van der Waals surface area contributed by atoms with Gasteiger partial charge in [0.1, 0.15) is 5.69 Å². The molecule has 1 saturated heterocycles. The molecule has 6 nitrogen and oxygen atoms in total. The highest BCUT2D eigenvalue weighted by Gasteiger charge is 2.30. The van der Waals surface area contributed by atoms with Crippen LogP contribution < -0.4 is 5.32 Å². The molecule has 1 aromatic carbocycles. The van der Waals surface area contributed by atoms with E-state index in [1.54, 1.807) is 12.1 Å². The molecule has 0 radical (unpaired) electrons. The van der Waals surface area contributed by atoms with Crippen molar-refractivity contribution in [3.8, 4) is 0 Å². The maximum atomic E-state index is 11.0. The van der Waals surface area contributed by atoms with Gasteiger partial charge in [0.25, 0.3) is 5.69 Å².